The van der Waals surface area contributed by atoms with Crippen molar-refractivity contribution in [2.45, 2.75) is 25.4 Å². The zero-order valence-electron chi connectivity index (χ0n) is 17.6. The minimum absolute atomic E-state index is 0.0165. The molecule has 4 rings (SSSR count). The zero-order valence-corrected chi connectivity index (χ0v) is 17.6. The van der Waals surface area contributed by atoms with Gasteiger partial charge in [-0.2, -0.15) is 0 Å². The number of pyridine rings is 1. The first-order valence-corrected chi connectivity index (χ1v) is 10.5. The predicted octanol–water partition coefficient (Wildman–Crippen LogP) is 4.54. The van der Waals surface area contributed by atoms with Crippen LogP contribution in [0.3, 0.4) is 0 Å². The maximum Gasteiger partial charge on any atom is 0.262 e. The van der Waals surface area contributed by atoms with Crippen LogP contribution in [0.4, 0.5) is 10.1 Å². The van der Waals surface area contributed by atoms with Crippen molar-refractivity contribution in [1.82, 2.24) is 9.88 Å². The second kappa shape index (κ2) is 9.71. The molecule has 1 aromatic heterocycles. The molecule has 6 heteroatoms. The van der Waals surface area contributed by atoms with E-state index in [4.69, 9.17) is 4.74 Å². The molecular formula is C25H26FN3O2. The molecule has 1 aliphatic rings. The van der Waals surface area contributed by atoms with Crippen LogP contribution < -0.4 is 9.64 Å². The van der Waals surface area contributed by atoms with E-state index in [1.807, 2.05) is 36.5 Å². The van der Waals surface area contributed by atoms with Crippen molar-refractivity contribution in [3.8, 4) is 5.75 Å². The topological polar surface area (TPSA) is 45.7 Å². The lowest BCUT2D eigenvalue weighted by atomic mass is 10.00. The fraction of sp³-hybridized carbons (Fsp3) is 0.280. The highest BCUT2D eigenvalue weighted by atomic mass is 19.1. The van der Waals surface area contributed by atoms with E-state index in [0.29, 0.717) is 17.0 Å². The van der Waals surface area contributed by atoms with E-state index in [-0.39, 0.29) is 17.8 Å². The maximum absolute atomic E-state index is 13.6. The van der Waals surface area contributed by atoms with E-state index >= 15 is 0 Å². The summed E-state index contributed by atoms with van der Waals surface area (Å²) in [5.74, 6) is 0.0815. The van der Waals surface area contributed by atoms with Crippen LogP contribution in [0.1, 0.15) is 28.9 Å². The van der Waals surface area contributed by atoms with Gasteiger partial charge in [0.1, 0.15) is 11.6 Å². The first-order chi connectivity index (χ1) is 15.2. The minimum atomic E-state index is -0.321. The Morgan fingerprint density at radius 3 is 2.45 bits per heavy atom. The molecule has 0 bridgehead atoms. The Kier molecular flexibility index (Phi) is 6.57. The Morgan fingerprint density at radius 1 is 1.06 bits per heavy atom. The third-order valence-corrected chi connectivity index (χ3v) is 5.69. The molecule has 160 valence electrons. The predicted molar refractivity (Wildman–Crippen MR) is 119 cm³/mol. The molecule has 2 aromatic carbocycles. The third kappa shape index (κ3) is 4.91. The lowest BCUT2D eigenvalue weighted by molar-refractivity contribution is 0.0955. The second-order valence-corrected chi connectivity index (χ2v) is 7.68. The summed E-state index contributed by atoms with van der Waals surface area (Å²) in [6.45, 7) is 2.51. The minimum Gasteiger partial charge on any atom is -0.496 e. The molecular weight excluding hydrogens is 393 g/mol. The smallest absolute Gasteiger partial charge is 0.262 e. The molecule has 2 heterocycles. The van der Waals surface area contributed by atoms with E-state index in [1.54, 1.807) is 36.3 Å². The van der Waals surface area contributed by atoms with E-state index in [2.05, 4.69) is 9.88 Å². The standard InChI is InChI=1S/C25H26FN3O2/c1-31-24-8-3-2-7-23(24)25(30)29(21-11-9-19(26)10-12-21)22-13-16-28(17-14-22)18-20-6-4-5-15-27-20/h2-12,15,22H,13-14,16-18H2,1H3. The molecule has 0 N–H and O–H groups in total. The van der Waals surface area contributed by atoms with E-state index in [9.17, 15) is 9.18 Å². The van der Waals surface area contributed by atoms with Gasteiger partial charge in [0.05, 0.1) is 18.4 Å². The van der Waals surface area contributed by atoms with Gasteiger partial charge in [0.2, 0.25) is 0 Å². The summed E-state index contributed by atoms with van der Waals surface area (Å²) in [6.07, 6.45) is 3.46. The highest BCUT2D eigenvalue weighted by Crippen LogP contribution is 2.29. The van der Waals surface area contributed by atoms with Crippen molar-refractivity contribution >= 4 is 11.6 Å². The van der Waals surface area contributed by atoms with Crippen molar-refractivity contribution in [1.29, 1.82) is 0 Å². The van der Waals surface area contributed by atoms with Gasteiger partial charge in [0.15, 0.2) is 0 Å². The molecule has 31 heavy (non-hydrogen) atoms. The van der Waals surface area contributed by atoms with Gasteiger partial charge < -0.3 is 9.64 Å². The summed E-state index contributed by atoms with van der Waals surface area (Å²) in [4.78, 5) is 22.2. The molecule has 5 nitrogen and oxygen atoms in total. The molecule has 1 saturated heterocycles. The number of methoxy groups -OCH3 is 1. The van der Waals surface area contributed by atoms with E-state index in [0.717, 1.165) is 38.2 Å². The lowest BCUT2D eigenvalue weighted by Gasteiger charge is -2.38. The van der Waals surface area contributed by atoms with Crippen LogP contribution in [0.25, 0.3) is 0 Å². The first-order valence-electron chi connectivity index (χ1n) is 10.5. The Labute approximate surface area is 182 Å². The molecule has 0 unspecified atom stereocenters. The first kappa shape index (κ1) is 21.0. The van der Waals surface area contributed by atoms with Crippen molar-refractivity contribution in [3.63, 3.8) is 0 Å². The number of amides is 1. The Morgan fingerprint density at radius 2 is 1.77 bits per heavy atom. The molecule has 1 amide bonds. The van der Waals surface area contributed by atoms with Crippen LogP contribution in [-0.4, -0.2) is 42.0 Å². The van der Waals surface area contributed by atoms with Crippen LogP contribution in [0.5, 0.6) is 5.75 Å². The highest BCUT2D eigenvalue weighted by molar-refractivity contribution is 6.08. The molecule has 0 atom stereocenters. The van der Waals surface area contributed by atoms with Gasteiger partial charge in [-0.3, -0.25) is 14.7 Å². The quantitative estimate of drug-likeness (QED) is 0.589. The third-order valence-electron chi connectivity index (χ3n) is 5.69. The number of likely N-dealkylation sites (tertiary alicyclic amines) is 1. The van der Waals surface area contributed by atoms with Gasteiger partial charge in [-0.15, -0.1) is 0 Å². The fourth-order valence-corrected chi connectivity index (χ4v) is 4.10. The van der Waals surface area contributed by atoms with Gasteiger partial charge >= 0.3 is 0 Å². The number of nitrogens with zero attached hydrogens (tertiary/aromatic N) is 3. The van der Waals surface area contributed by atoms with Crippen LogP contribution in [0.2, 0.25) is 0 Å². The zero-order chi connectivity index (χ0) is 21.6. The number of ether oxygens (including phenoxy) is 1. The van der Waals surface area contributed by atoms with Gasteiger partial charge in [-0.1, -0.05) is 18.2 Å². The average Bonchev–Trinajstić information content (AvgIpc) is 2.82. The number of halogens is 1. The highest BCUT2D eigenvalue weighted by Gasteiger charge is 2.31. The number of aromatic nitrogens is 1. The lowest BCUT2D eigenvalue weighted by Crippen LogP contribution is -2.47. The number of hydrogen-bond acceptors (Lipinski definition) is 4. The van der Waals surface area contributed by atoms with Crippen LogP contribution in [-0.2, 0) is 6.54 Å². The van der Waals surface area contributed by atoms with Crippen molar-refractivity contribution < 1.29 is 13.9 Å². The summed E-state index contributed by atoms with van der Waals surface area (Å²) < 4.78 is 19.0. The summed E-state index contributed by atoms with van der Waals surface area (Å²) in [7, 11) is 1.56. The normalized spacial score (nSPS) is 14.9. The maximum atomic E-state index is 13.6. The van der Waals surface area contributed by atoms with Crippen molar-refractivity contribution in [3.05, 3.63) is 90.0 Å². The number of hydrogen-bond donors (Lipinski definition) is 0. The molecule has 0 spiro atoms. The van der Waals surface area contributed by atoms with E-state index in [1.165, 1.54) is 12.1 Å². The molecule has 1 fully saturated rings. The summed E-state index contributed by atoms with van der Waals surface area (Å²) in [5, 5.41) is 0. The molecule has 3 aromatic rings. The summed E-state index contributed by atoms with van der Waals surface area (Å²) in [5.41, 5.74) is 2.24. The van der Waals surface area contributed by atoms with Crippen molar-refractivity contribution in [2.75, 3.05) is 25.1 Å². The van der Waals surface area contributed by atoms with Crippen LogP contribution in [0.15, 0.2) is 72.9 Å². The summed E-state index contributed by atoms with van der Waals surface area (Å²) in [6, 6.07) is 19.3. The molecule has 0 aliphatic carbocycles. The number of benzene rings is 2. The monoisotopic (exact) mass is 419 g/mol. The SMILES string of the molecule is COc1ccccc1C(=O)N(c1ccc(F)cc1)C1CCN(Cc2ccccn2)CC1. The number of carbonyl (C=O) groups is 1. The van der Waals surface area contributed by atoms with Gasteiger partial charge in [-0.25, -0.2) is 4.39 Å². The Bertz CT molecular complexity index is 1000. The largest absolute Gasteiger partial charge is 0.496 e. The Hall–Kier alpha value is -3.25. The number of para-hydroxylation sites is 1. The number of rotatable bonds is 6. The number of piperidine rings is 1. The van der Waals surface area contributed by atoms with Gasteiger partial charge in [-0.05, 0) is 61.4 Å². The van der Waals surface area contributed by atoms with Gasteiger partial charge in [0.25, 0.3) is 5.91 Å². The van der Waals surface area contributed by atoms with Crippen LogP contribution in [0, 0.1) is 5.82 Å². The molecule has 0 saturated carbocycles. The second-order valence-electron chi connectivity index (χ2n) is 7.68. The van der Waals surface area contributed by atoms with E-state index < -0.39 is 0 Å². The molecule has 1 aliphatic heterocycles. The van der Waals surface area contributed by atoms with Gasteiger partial charge in [0, 0.05) is 37.6 Å². The summed E-state index contributed by atoms with van der Waals surface area (Å²) >= 11 is 0. The van der Waals surface area contributed by atoms with Crippen LogP contribution >= 0.6 is 0 Å². The Balaban J connectivity index is 1.55. The number of anilines is 1. The number of carbonyl (C=O) groups excluding carboxylic acids is 1. The van der Waals surface area contributed by atoms with Crippen molar-refractivity contribution in [2.24, 2.45) is 0 Å². The molecule has 0 radical (unpaired) electrons. The average molecular weight is 420 g/mol. The fourth-order valence-electron chi connectivity index (χ4n) is 4.10.